The molecule has 0 radical (unpaired) electrons. The third-order valence-corrected chi connectivity index (χ3v) is 2.42. The van der Waals surface area contributed by atoms with Gasteiger partial charge in [-0.15, -0.1) is 0 Å². The van der Waals surface area contributed by atoms with Crippen molar-refractivity contribution in [3.63, 3.8) is 0 Å². The van der Waals surface area contributed by atoms with E-state index in [0.717, 1.165) is 23.5 Å². The lowest BCUT2D eigenvalue weighted by atomic mass is 10.2. The Bertz CT molecular complexity index is 276. The van der Waals surface area contributed by atoms with Crippen molar-refractivity contribution in [3.05, 3.63) is 29.6 Å². The van der Waals surface area contributed by atoms with E-state index in [1.807, 2.05) is 6.92 Å². The molecule has 13 heavy (non-hydrogen) atoms. The summed E-state index contributed by atoms with van der Waals surface area (Å²) in [4.78, 5) is 0. The molecular formula is C10H14FNS. The molecule has 0 unspecified atom stereocenters. The van der Waals surface area contributed by atoms with Gasteiger partial charge in [0.2, 0.25) is 0 Å². The van der Waals surface area contributed by atoms with Crippen molar-refractivity contribution in [3.8, 4) is 0 Å². The number of anilines is 1. The fourth-order valence-electron chi connectivity index (χ4n) is 1.11. The Morgan fingerprint density at radius 2 is 2.23 bits per heavy atom. The van der Waals surface area contributed by atoms with Crippen LogP contribution in [0.2, 0.25) is 0 Å². The molecule has 0 aliphatic carbocycles. The molecule has 0 heterocycles. The van der Waals surface area contributed by atoms with Crippen LogP contribution in [0.1, 0.15) is 5.56 Å². The minimum Gasteiger partial charge on any atom is -0.384 e. The predicted molar refractivity (Wildman–Crippen MR) is 58.0 cm³/mol. The van der Waals surface area contributed by atoms with E-state index in [0.29, 0.717) is 0 Å². The van der Waals surface area contributed by atoms with E-state index in [4.69, 9.17) is 0 Å². The molecule has 0 aliphatic rings. The van der Waals surface area contributed by atoms with Crippen LogP contribution in [0, 0.1) is 12.7 Å². The summed E-state index contributed by atoms with van der Waals surface area (Å²) in [7, 11) is 0. The third-order valence-electron chi connectivity index (χ3n) is 1.81. The number of benzene rings is 1. The molecule has 3 heteroatoms. The normalized spacial score (nSPS) is 10.1. The fourth-order valence-corrected chi connectivity index (χ4v) is 1.42. The maximum Gasteiger partial charge on any atom is 0.123 e. The summed E-state index contributed by atoms with van der Waals surface area (Å²) in [5.41, 5.74) is 1.98. The third kappa shape index (κ3) is 3.27. The van der Waals surface area contributed by atoms with Crippen LogP contribution in [-0.2, 0) is 0 Å². The first kappa shape index (κ1) is 10.4. The summed E-state index contributed by atoms with van der Waals surface area (Å²) in [6, 6.07) is 4.81. The number of nitrogens with one attached hydrogen (secondary N) is 1. The van der Waals surface area contributed by atoms with E-state index in [-0.39, 0.29) is 5.82 Å². The molecule has 0 bridgehead atoms. The number of hydrogen-bond donors (Lipinski definition) is 1. The van der Waals surface area contributed by atoms with E-state index in [1.54, 1.807) is 23.9 Å². The van der Waals surface area contributed by atoms with Gasteiger partial charge in [0.1, 0.15) is 5.82 Å². The van der Waals surface area contributed by atoms with Gasteiger partial charge >= 0.3 is 0 Å². The Kier molecular flexibility index (Phi) is 4.09. The Morgan fingerprint density at radius 1 is 1.46 bits per heavy atom. The van der Waals surface area contributed by atoms with E-state index < -0.39 is 0 Å². The highest BCUT2D eigenvalue weighted by Gasteiger charge is 1.97. The SMILES string of the molecule is CSCCNc1ccc(F)cc1C. The highest BCUT2D eigenvalue weighted by molar-refractivity contribution is 7.98. The number of hydrogen-bond acceptors (Lipinski definition) is 2. The van der Waals surface area contributed by atoms with E-state index >= 15 is 0 Å². The molecule has 72 valence electrons. The zero-order chi connectivity index (χ0) is 9.68. The second kappa shape index (κ2) is 5.12. The van der Waals surface area contributed by atoms with Crippen LogP contribution < -0.4 is 5.32 Å². The van der Waals surface area contributed by atoms with Crippen molar-refractivity contribution in [2.75, 3.05) is 23.9 Å². The fraction of sp³-hybridized carbons (Fsp3) is 0.400. The Hall–Kier alpha value is -0.700. The monoisotopic (exact) mass is 199 g/mol. The molecule has 1 rings (SSSR count). The highest BCUT2D eigenvalue weighted by atomic mass is 32.2. The minimum atomic E-state index is -0.173. The average Bonchev–Trinajstić information content (AvgIpc) is 2.09. The first-order valence-electron chi connectivity index (χ1n) is 4.23. The summed E-state index contributed by atoms with van der Waals surface area (Å²) in [5.74, 6) is 0.893. The first-order valence-corrected chi connectivity index (χ1v) is 5.62. The topological polar surface area (TPSA) is 12.0 Å². The summed E-state index contributed by atoms with van der Waals surface area (Å²) in [5, 5.41) is 3.25. The molecule has 0 atom stereocenters. The number of halogens is 1. The largest absolute Gasteiger partial charge is 0.384 e. The van der Waals surface area contributed by atoms with Crippen LogP contribution in [0.4, 0.5) is 10.1 Å². The molecule has 1 aromatic rings. The number of thioether (sulfide) groups is 1. The predicted octanol–water partition coefficient (Wildman–Crippen LogP) is 2.91. The highest BCUT2D eigenvalue weighted by Crippen LogP contribution is 2.15. The molecule has 0 amide bonds. The number of rotatable bonds is 4. The molecular weight excluding hydrogens is 185 g/mol. The van der Waals surface area contributed by atoms with E-state index in [9.17, 15) is 4.39 Å². The van der Waals surface area contributed by atoms with Gasteiger partial charge in [0.25, 0.3) is 0 Å². The van der Waals surface area contributed by atoms with E-state index in [1.165, 1.54) is 6.07 Å². The zero-order valence-corrected chi connectivity index (χ0v) is 8.75. The van der Waals surface area contributed by atoms with Crippen LogP contribution >= 0.6 is 11.8 Å². The van der Waals surface area contributed by atoms with Gasteiger partial charge < -0.3 is 5.32 Å². The lowest BCUT2D eigenvalue weighted by Crippen LogP contribution is -2.04. The molecule has 0 aliphatic heterocycles. The standard InChI is InChI=1S/C10H14FNS/c1-8-7-9(11)3-4-10(8)12-5-6-13-2/h3-4,7,12H,5-6H2,1-2H3. The van der Waals surface area contributed by atoms with Crippen LogP contribution in [0.15, 0.2) is 18.2 Å². The van der Waals surface area contributed by atoms with Crippen LogP contribution in [0.5, 0.6) is 0 Å². The molecule has 0 saturated heterocycles. The van der Waals surface area contributed by atoms with Crippen molar-refractivity contribution >= 4 is 17.4 Å². The van der Waals surface area contributed by atoms with E-state index in [2.05, 4.69) is 11.6 Å². The van der Waals surface area contributed by atoms with Crippen molar-refractivity contribution in [1.29, 1.82) is 0 Å². The summed E-state index contributed by atoms with van der Waals surface area (Å²) in [6.07, 6.45) is 2.07. The molecule has 1 nitrogen and oxygen atoms in total. The average molecular weight is 199 g/mol. The Morgan fingerprint density at radius 3 is 2.85 bits per heavy atom. The van der Waals surface area contributed by atoms with Crippen molar-refractivity contribution in [1.82, 2.24) is 0 Å². The minimum absolute atomic E-state index is 0.173. The second-order valence-electron chi connectivity index (χ2n) is 2.88. The van der Waals surface area contributed by atoms with Crippen LogP contribution in [0.3, 0.4) is 0 Å². The summed E-state index contributed by atoms with van der Waals surface area (Å²) in [6.45, 7) is 2.83. The van der Waals surface area contributed by atoms with Gasteiger partial charge in [-0.25, -0.2) is 4.39 Å². The molecule has 0 spiro atoms. The van der Waals surface area contributed by atoms with Gasteiger partial charge in [-0.3, -0.25) is 0 Å². The van der Waals surface area contributed by atoms with Crippen LogP contribution in [0.25, 0.3) is 0 Å². The van der Waals surface area contributed by atoms with Gasteiger partial charge in [-0.1, -0.05) is 0 Å². The van der Waals surface area contributed by atoms with Gasteiger partial charge in [0, 0.05) is 18.0 Å². The second-order valence-corrected chi connectivity index (χ2v) is 3.86. The molecule has 0 fully saturated rings. The molecule has 1 aromatic carbocycles. The lowest BCUT2D eigenvalue weighted by molar-refractivity contribution is 0.627. The summed E-state index contributed by atoms with van der Waals surface area (Å²) >= 11 is 1.79. The number of aryl methyl sites for hydroxylation is 1. The quantitative estimate of drug-likeness (QED) is 0.748. The maximum absolute atomic E-state index is 12.7. The van der Waals surface area contributed by atoms with Crippen molar-refractivity contribution < 1.29 is 4.39 Å². The molecule has 0 aromatic heterocycles. The first-order chi connectivity index (χ1) is 6.24. The maximum atomic E-state index is 12.7. The van der Waals surface area contributed by atoms with Crippen molar-refractivity contribution in [2.45, 2.75) is 6.92 Å². The van der Waals surface area contributed by atoms with Gasteiger partial charge in [0.15, 0.2) is 0 Å². The molecule has 0 saturated carbocycles. The van der Waals surface area contributed by atoms with Crippen LogP contribution in [-0.4, -0.2) is 18.6 Å². The van der Waals surface area contributed by atoms with Gasteiger partial charge in [-0.05, 0) is 36.9 Å². The van der Waals surface area contributed by atoms with Crippen molar-refractivity contribution in [2.24, 2.45) is 0 Å². The van der Waals surface area contributed by atoms with Gasteiger partial charge in [0.05, 0.1) is 0 Å². The summed E-state index contributed by atoms with van der Waals surface area (Å²) < 4.78 is 12.7. The Balaban J connectivity index is 2.56. The molecule has 1 N–H and O–H groups in total. The Labute approximate surface area is 82.7 Å². The smallest absolute Gasteiger partial charge is 0.123 e. The van der Waals surface area contributed by atoms with Gasteiger partial charge in [-0.2, -0.15) is 11.8 Å². The zero-order valence-electron chi connectivity index (χ0n) is 7.93. The lowest BCUT2D eigenvalue weighted by Gasteiger charge is -2.08.